The molecule has 2 aromatic rings. The number of likely N-dealkylation sites (tertiary alicyclic amines) is 1. The monoisotopic (exact) mass is 481 g/mol. The van der Waals surface area contributed by atoms with Crippen LogP contribution in [0.5, 0.6) is 11.5 Å². The van der Waals surface area contributed by atoms with Crippen LogP contribution in [0.25, 0.3) is 0 Å². The molecule has 2 aliphatic heterocycles. The molecule has 4 rings (SSSR count). The molecule has 0 unspecified atom stereocenters. The lowest BCUT2D eigenvalue weighted by molar-refractivity contribution is -0.190. The van der Waals surface area contributed by atoms with Crippen LogP contribution in [0.1, 0.15) is 68.5 Å². The summed E-state index contributed by atoms with van der Waals surface area (Å²) in [4.78, 5) is 15.3. The Morgan fingerprint density at radius 2 is 1.86 bits per heavy atom. The zero-order valence-corrected chi connectivity index (χ0v) is 21.5. The van der Waals surface area contributed by atoms with Gasteiger partial charge in [-0.25, -0.2) is 0 Å². The smallest absolute Gasteiger partial charge is 0.253 e. The molecule has 0 aliphatic carbocycles. The van der Waals surface area contributed by atoms with Gasteiger partial charge in [0.25, 0.3) is 5.91 Å². The molecule has 2 fully saturated rings. The van der Waals surface area contributed by atoms with Crippen LogP contribution >= 0.6 is 0 Å². The van der Waals surface area contributed by atoms with Gasteiger partial charge in [-0.05, 0) is 49.4 Å². The van der Waals surface area contributed by atoms with Crippen molar-refractivity contribution in [2.24, 2.45) is 5.92 Å². The highest BCUT2D eigenvalue weighted by molar-refractivity contribution is 5.95. The molecular weight excluding hydrogens is 442 g/mol. The fourth-order valence-electron chi connectivity index (χ4n) is 5.17. The van der Waals surface area contributed by atoms with E-state index in [1.807, 2.05) is 30.0 Å². The van der Waals surface area contributed by atoms with Gasteiger partial charge >= 0.3 is 0 Å². The van der Waals surface area contributed by atoms with E-state index in [1.165, 1.54) is 5.56 Å². The van der Waals surface area contributed by atoms with Crippen LogP contribution in [0.2, 0.25) is 0 Å². The second-order valence-corrected chi connectivity index (χ2v) is 10.1. The summed E-state index contributed by atoms with van der Waals surface area (Å²) in [6.45, 7) is 8.87. The van der Waals surface area contributed by atoms with Crippen LogP contribution in [-0.2, 0) is 9.47 Å². The fraction of sp³-hybridized carbons (Fsp3) is 0.552. The van der Waals surface area contributed by atoms with Gasteiger partial charge in [0.05, 0.1) is 31.5 Å². The van der Waals surface area contributed by atoms with E-state index in [9.17, 15) is 4.79 Å². The van der Waals surface area contributed by atoms with Crippen molar-refractivity contribution in [2.45, 2.75) is 64.3 Å². The average Bonchev–Trinajstić information content (AvgIpc) is 2.88. The van der Waals surface area contributed by atoms with Crippen molar-refractivity contribution < 1.29 is 23.7 Å². The molecule has 35 heavy (non-hydrogen) atoms. The Morgan fingerprint density at radius 1 is 1.11 bits per heavy atom. The number of carbonyl (C=O) groups is 1. The molecule has 2 atom stereocenters. The van der Waals surface area contributed by atoms with E-state index >= 15 is 0 Å². The van der Waals surface area contributed by atoms with Crippen molar-refractivity contribution in [3.63, 3.8) is 0 Å². The molecule has 0 N–H and O–H groups in total. The van der Waals surface area contributed by atoms with E-state index in [2.05, 4.69) is 38.1 Å². The topological polar surface area (TPSA) is 57.2 Å². The third-order valence-electron chi connectivity index (χ3n) is 6.99. The molecule has 2 heterocycles. The van der Waals surface area contributed by atoms with Gasteiger partial charge in [-0.3, -0.25) is 4.79 Å². The molecule has 2 aliphatic rings. The maximum absolute atomic E-state index is 13.3. The van der Waals surface area contributed by atoms with E-state index < -0.39 is 0 Å². The second-order valence-electron chi connectivity index (χ2n) is 10.1. The minimum atomic E-state index is -0.262. The van der Waals surface area contributed by atoms with Gasteiger partial charge in [-0.1, -0.05) is 44.2 Å². The number of nitrogens with zero attached hydrogens (tertiary/aromatic N) is 1. The predicted molar refractivity (Wildman–Crippen MR) is 136 cm³/mol. The first-order valence-corrected chi connectivity index (χ1v) is 12.9. The molecular formula is C29H39NO5. The van der Waals surface area contributed by atoms with E-state index in [0.717, 1.165) is 25.7 Å². The molecule has 0 bridgehead atoms. The zero-order valence-electron chi connectivity index (χ0n) is 21.5. The molecule has 6 nitrogen and oxygen atoms in total. The Morgan fingerprint density at radius 3 is 2.51 bits per heavy atom. The molecule has 6 heteroatoms. The number of ether oxygens (including phenoxy) is 4. The van der Waals surface area contributed by atoms with Crippen molar-refractivity contribution >= 4 is 5.91 Å². The number of methoxy groups -OCH3 is 1. The lowest BCUT2D eigenvalue weighted by atomic mass is 9.80. The number of hydrogen-bond donors (Lipinski definition) is 0. The standard InChI is InChI=1S/C29H39NO5/c1-5-33-24-18-26(22-9-7-6-8-10-22)35-29(19-24)13-15-30(16-14-29)28(31)23-11-12-25(27(17-23)32-4)34-20-21(2)3/h6-12,17,21,24,26H,5,13-16,18-20H2,1-4H3/t24-,26-/m0/s1. The number of amides is 1. The normalized spacial score (nSPS) is 21.8. The van der Waals surface area contributed by atoms with E-state index in [4.69, 9.17) is 18.9 Å². The Kier molecular flexibility index (Phi) is 8.34. The van der Waals surface area contributed by atoms with Crippen LogP contribution in [0.3, 0.4) is 0 Å². The molecule has 1 amide bonds. The summed E-state index contributed by atoms with van der Waals surface area (Å²) in [6.07, 6.45) is 3.54. The average molecular weight is 482 g/mol. The number of hydrogen-bond acceptors (Lipinski definition) is 5. The van der Waals surface area contributed by atoms with Crippen molar-refractivity contribution in [1.82, 2.24) is 4.90 Å². The summed E-state index contributed by atoms with van der Waals surface area (Å²) in [5, 5.41) is 0. The van der Waals surface area contributed by atoms with Gasteiger partial charge in [0.15, 0.2) is 11.5 Å². The largest absolute Gasteiger partial charge is 0.493 e. The molecule has 0 aromatic heterocycles. The third-order valence-corrected chi connectivity index (χ3v) is 6.99. The van der Waals surface area contributed by atoms with Gasteiger partial charge < -0.3 is 23.8 Å². The number of rotatable bonds is 8. The lowest BCUT2D eigenvalue weighted by Crippen LogP contribution is -2.52. The Bertz CT molecular complexity index is 968. The molecule has 0 saturated carbocycles. The molecule has 1 spiro atoms. The second kappa shape index (κ2) is 11.4. The molecule has 2 saturated heterocycles. The quantitative estimate of drug-likeness (QED) is 0.487. The van der Waals surface area contributed by atoms with Gasteiger partial charge in [0, 0.05) is 38.1 Å². The first-order chi connectivity index (χ1) is 16.9. The number of carbonyl (C=O) groups excluding carboxylic acids is 1. The minimum Gasteiger partial charge on any atom is -0.493 e. The maximum Gasteiger partial charge on any atom is 0.253 e. The van der Waals surface area contributed by atoms with E-state index in [0.29, 0.717) is 49.3 Å². The van der Waals surface area contributed by atoms with Crippen molar-refractivity contribution in [1.29, 1.82) is 0 Å². The van der Waals surface area contributed by atoms with Crippen molar-refractivity contribution in [3.05, 3.63) is 59.7 Å². The van der Waals surface area contributed by atoms with Gasteiger partial charge in [0.2, 0.25) is 0 Å². The molecule has 0 radical (unpaired) electrons. The Hall–Kier alpha value is -2.57. The fourth-order valence-corrected chi connectivity index (χ4v) is 5.17. The Labute approximate surface area is 209 Å². The van der Waals surface area contributed by atoms with Crippen LogP contribution in [-0.4, -0.2) is 55.9 Å². The highest BCUT2D eigenvalue weighted by atomic mass is 16.5. The first kappa shape index (κ1) is 25.5. The van der Waals surface area contributed by atoms with Gasteiger partial charge in [0.1, 0.15) is 0 Å². The van der Waals surface area contributed by atoms with Crippen molar-refractivity contribution in [3.8, 4) is 11.5 Å². The van der Waals surface area contributed by atoms with Gasteiger partial charge in [-0.15, -0.1) is 0 Å². The highest BCUT2D eigenvalue weighted by Gasteiger charge is 2.45. The summed E-state index contributed by atoms with van der Waals surface area (Å²) >= 11 is 0. The van der Waals surface area contributed by atoms with Crippen molar-refractivity contribution in [2.75, 3.05) is 33.4 Å². The molecule has 2 aromatic carbocycles. The maximum atomic E-state index is 13.3. The van der Waals surface area contributed by atoms with Crippen LogP contribution in [0.15, 0.2) is 48.5 Å². The number of piperidine rings is 1. The summed E-state index contributed by atoms with van der Waals surface area (Å²) < 4.78 is 24.2. The van der Waals surface area contributed by atoms with E-state index in [-0.39, 0.29) is 23.7 Å². The summed E-state index contributed by atoms with van der Waals surface area (Å²) in [7, 11) is 1.61. The molecule has 190 valence electrons. The van der Waals surface area contributed by atoms with Crippen LogP contribution < -0.4 is 9.47 Å². The SMILES string of the molecule is CCO[C@H]1C[C@@H](c2ccccc2)OC2(CCN(C(=O)c3ccc(OCC(C)C)c(OC)c3)CC2)C1. The van der Waals surface area contributed by atoms with Crippen LogP contribution in [0.4, 0.5) is 0 Å². The van der Waals surface area contributed by atoms with E-state index in [1.54, 1.807) is 13.2 Å². The lowest BCUT2D eigenvalue weighted by Gasteiger charge is -2.48. The highest BCUT2D eigenvalue weighted by Crippen LogP contribution is 2.44. The summed E-state index contributed by atoms with van der Waals surface area (Å²) in [5.74, 6) is 1.68. The first-order valence-electron chi connectivity index (χ1n) is 12.9. The third kappa shape index (κ3) is 6.17. The summed E-state index contributed by atoms with van der Waals surface area (Å²) in [6, 6.07) is 15.9. The minimum absolute atomic E-state index is 0.0188. The predicted octanol–water partition coefficient (Wildman–Crippen LogP) is 5.66. The summed E-state index contributed by atoms with van der Waals surface area (Å²) in [5.41, 5.74) is 1.55. The van der Waals surface area contributed by atoms with Gasteiger partial charge in [-0.2, -0.15) is 0 Å². The number of benzene rings is 2. The zero-order chi connectivity index (χ0) is 24.8. The van der Waals surface area contributed by atoms with Crippen LogP contribution in [0, 0.1) is 5.92 Å². The Balaban J connectivity index is 1.43.